The first-order valence-corrected chi connectivity index (χ1v) is 12.0. The summed E-state index contributed by atoms with van der Waals surface area (Å²) in [6, 6.07) is 24.8. The van der Waals surface area contributed by atoms with Gasteiger partial charge in [0.05, 0.1) is 11.8 Å². The van der Waals surface area contributed by atoms with Crippen LogP contribution >= 0.6 is 34.5 Å². The van der Waals surface area contributed by atoms with E-state index in [9.17, 15) is 14.9 Å². The largest absolute Gasteiger partial charge is 0.294 e. The van der Waals surface area contributed by atoms with Gasteiger partial charge in [0.15, 0.2) is 11.6 Å². The average molecular weight is 505 g/mol. The summed E-state index contributed by atoms with van der Waals surface area (Å²) in [4.78, 5) is 31.1. The van der Waals surface area contributed by atoms with E-state index in [4.69, 9.17) is 28.2 Å². The molecule has 0 radical (unpaired) electrons. The Balaban J connectivity index is 1.73. The van der Waals surface area contributed by atoms with Crippen molar-refractivity contribution >= 4 is 46.1 Å². The van der Waals surface area contributed by atoms with E-state index < -0.39 is 5.41 Å². The number of nitrogens with zero attached hydrogens (tertiary/aromatic N) is 2. The van der Waals surface area contributed by atoms with E-state index in [0.29, 0.717) is 31.9 Å². The molecule has 1 aromatic heterocycles. The Hall–Kier alpha value is -3.30. The number of hydrogen-bond acceptors (Lipinski definition) is 5. The van der Waals surface area contributed by atoms with Gasteiger partial charge in [-0.15, -0.1) is 11.3 Å². The van der Waals surface area contributed by atoms with Crippen LogP contribution in [0.25, 0.3) is 11.3 Å². The van der Waals surface area contributed by atoms with Crippen molar-refractivity contribution in [2.75, 3.05) is 0 Å². The Bertz CT molecular complexity index is 1300. The fraction of sp³-hybridized carbons (Fsp3) is 0.111. The summed E-state index contributed by atoms with van der Waals surface area (Å²) < 4.78 is 0. The van der Waals surface area contributed by atoms with E-state index >= 15 is 0 Å². The number of hydrogen-bond donors (Lipinski definition) is 0. The third-order valence-electron chi connectivity index (χ3n) is 5.45. The minimum absolute atomic E-state index is 0.188. The van der Waals surface area contributed by atoms with Crippen molar-refractivity contribution in [3.63, 3.8) is 0 Å². The highest BCUT2D eigenvalue weighted by Gasteiger charge is 2.40. The first-order chi connectivity index (χ1) is 16.4. The molecule has 0 saturated carbocycles. The molecule has 0 atom stereocenters. The Morgan fingerprint density at radius 1 is 0.824 bits per heavy atom. The molecule has 0 fully saturated rings. The van der Waals surface area contributed by atoms with Gasteiger partial charge in [-0.25, -0.2) is 4.98 Å². The molecule has 0 aliphatic carbocycles. The molecule has 0 saturated heterocycles. The summed E-state index contributed by atoms with van der Waals surface area (Å²) in [6.07, 6.45) is -0.377. The molecule has 0 spiro atoms. The third kappa shape index (κ3) is 5.26. The number of thiazole rings is 1. The van der Waals surface area contributed by atoms with Crippen molar-refractivity contribution in [2.24, 2.45) is 0 Å². The van der Waals surface area contributed by atoms with Gasteiger partial charge in [0.1, 0.15) is 10.4 Å². The lowest BCUT2D eigenvalue weighted by molar-refractivity contribution is 0.0922. The molecule has 3 aromatic carbocycles. The Kier molecular flexibility index (Phi) is 7.23. The lowest BCUT2D eigenvalue weighted by atomic mass is 9.78. The monoisotopic (exact) mass is 504 g/mol. The van der Waals surface area contributed by atoms with Crippen LogP contribution in [-0.4, -0.2) is 16.6 Å². The molecule has 7 heteroatoms. The number of benzene rings is 3. The maximum Gasteiger partial charge on any atom is 0.164 e. The second-order valence-corrected chi connectivity index (χ2v) is 9.54. The van der Waals surface area contributed by atoms with Crippen molar-refractivity contribution in [3.8, 4) is 17.3 Å². The standard InChI is InChI=1S/C27H18Cl2N2O2S/c28-21-10-6-19(7-11-21)24(32)14-27(17-30,15-25(33)20-8-12-22(29)13-9-20)26-31-23(16-34-26)18-4-2-1-3-5-18/h1-13,16H,14-15H2. The van der Waals surface area contributed by atoms with E-state index in [1.165, 1.54) is 11.3 Å². The summed E-state index contributed by atoms with van der Waals surface area (Å²) >= 11 is 13.2. The molecular formula is C27H18Cl2N2O2S. The van der Waals surface area contributed by atoms with Crippen LogP contribution in [-0.2, 0) is 5.41 Å². The van der Waals surface area contributed by atoms with Crippen LogP contribution in [0.2, 0.25) is 10.0 Å². The van der Waals surface area contributed by atoms with Crippen molar-refractivity contribution in [1.29, 1.82) is 5.26 Å². The number of carbonyl (C=O) groups excluding carboxylic acids is 2. The summed E-state index contributed by atoms with van der Waals surface area (Å²) in [7, 11) is 0. The van der Waals surface area contributed by atoms with Crippen molar-refractivity contribution < 1.29 is 9.59 Å². The van der Waals surface area contributed by atoms with Crippen molar-refractivity contribution in [2.45, 2.75) is 18.3 Å². The van der Waals surface area contributed by atoms with Crippen LogP contribution in [0.15, 0.2) is 84.2 Å². The van der Waals surface area contributed by atoms with Gasteiger partial charge in [0.25, 0.3) is 0 Å². The topological polar surface area (TPSA) is 70.8 Å². The number of nitriles is 1. The Morgan fingerprint density at radius 3 is 1.79 bits per heavy atom. The number of rotatable bonds is 8. The van der Waals surface area contributed by atoms with Crippen LogP contribution in [0, 0.1) is 11.3 Å². The van der Waals surface area contributed by atoms with Crippen molar-refractivity contribution in [1.82, 2.24) is 4.98 Å². The zero-order valence-electron chi connectivity index (χ0n) is 17.9. The normalized spacial score (nSPS) is 11.1. The van der Waals surface area contributed by atoms with E-state index in [0.717, 1.165) is 5.56 Å². The van der Waals surface area contributed by atoms with E-state index in [1.54, 1.807) is 48.5 Å². The summed E-state index contributed by atoms with van der Waals surface area (Å²) in [5, 5.41) is 13.6. The maximum absolute atomic E-state index is 13.2. The minimum Gasteiger partial charge on any atom is -0.294 e. The second kappa shape index (κ2) is 10.3. The van der Waals surface area contributed by atoms with Gasteiger partial charge in [-0.3, -0.25) is 9.59 Å². The number of carbonyl (C=O) groups is 2. The molecule has 4 rings (SSSR count). The molecule has 0 amide bonds. The van der Waals surface area contributed by atoms with Crippen LogP contribution in [0.5, 0.6) is 0 Å². The highest BCUT2D eigenvalue weighted by atomic mass is 35.5. The minimum atomic E-state index is -1.43. The van der Waals surface area contributed by atoms with E-state index in [-0.39, 0.29) is 24.4 Å². The predicted molar refractivity (Wildman–Crippen MR) is 136 cm³/mol. The molecule has 168 valence electrons. The summed E-state index contributed by atoms with van der Waals surface area (Å²) in [5.74, 6) is -0.530. The molecule has 0 bridgehead atoms. The lowest BCUT2D eigenvalue weighted by Gasteiger charge is -2.23. The Labute approximate surface area is 211 Å². The van der Waals surface area contributed by atoms with Gasteiger partial charge >= 0.3 is 0 Å². The zero-order chi connectivity index (χ0) is 24.1. The number of ketones is 2. The maximum atomic E-state index is 13.2. The Morgan fingerprint density at radius 2 is 1.32 bits per heavy atom. The van der Waals surface area contributed by atoms with Crippen LogP contribution in [0.1, 0.15) is 38.6 Å². The van der Waals surface area contributed by atoms with Gasteiger partial charge in [-0.2, -0.15) is 5.26 Å². The third-order valence-corrected chi connectivity index (χ3v) is 7.00. The zero-order valence-corrected chi connectivity index (χ0v) is 20.2. The SMILES string of the molecule is N#CC(CC(=O)c1ccc(Cl)cc1)(CC(=O)c1ccc(Cl)cc1)c1nc(-c2ccccc2)cs1. The van der Waals surface area contributed by atoms with Crippen LogP contribution in [0.3, 0.4) is 0 Å². The molecule has 1 heterocycles. The van der Waals surface area contributed by atoms with Gasteiger partial charge in [-0.1, -0.05) is 53.5 Å². The van der Waals surface area contributed by atoms with Gasteiger partial charge < -0.3 is 0 Å². The summed E-state index contributed by atoms with van der Waals surface area (Å²) in [6.45, 7) is 0. The molecule has 0 aliphatic rings. The first-order valence-electron chi connectivity index (χ1n) is 10.4. The predicted octanol–water partition coefficient (Wildman–Crippen LogP) is 7.42. The van der Waals surface area contributed by atoms with Crippen LogP contribution < -0.4 is 0 Å². The average Bonchev–Trinajstić information content (AvgIpc) is 3.36. The molecule has 34 heavy (non-hydrogen) atoms. The van der Waals surface area contributed by atoms with E-state index in [2.05, 4.69) is 6.07 Å². The molecule has 0 N–H and O–H groups in total. The van der Waals surface area contributed by atoms with Gasteiger partial charge in [0.2, 0.25) is 0 Å². The van der Waals surface area contributed by atoms with Gasteiger partial charge in [-0.05, 0) is 48.5 Å². The lowest BCUT2D eigenvalue weighted by Crippen LogP contribution is -2.31. The molecule has 0 aliphatic heterocycles. The van der Waals surface area contributed by atoms with Gasteiger partial charge in [0, 0.05) is 45.0 Å². The number of aromatic nitrogens is 1. The summed E-state index contributed by atoms with van der Waals surface area (Å²) in [5.41, 5.74) is 0.999. The number of Topliss-reactive ketones (excluding diaryl/α,β-unsaturated/α-hetero) is 2. The highest BCUT2D eigenvalue weighted by molar-refractivity contribution is 7.10. The molecular weight excluding hydrogens is 487 g/mol. The second-order valence-electron chi connectivity index (χ2n) is 7.81. The molecule has 4 aromatic rings. The van der Waals surface area contributed by atoms with Crippen LogP contribution in [0.4, 0.5) is 0 Å². The first kappa shape index (κ1) is 23.8. The smallest absolute Gasteiger partial charge is 0.164 e. The van der Waals surface area contributed by atoms with Crippen molar-refractivity contribution in [3.05, 3.63) is 110 Å². The quantitative estimate of drug-likeness (QED) is 0.234. The molecule has 0 unspecified atom stereocenters. The fourth-order valence-corrected chi connectivity index (χ4v) is 4.83. The number of halogens is 2. The van der Waals surface area contributed by atoms with E-state index in [1.807, 2.05) is 35.7 Å². The molecule has 4 nitrogen and oxygen atoms in total. The highest BCUT2D eigenvalue weighted by Crippen LogP contribution is 2.38. The fourth-order valence-electron chi connectivity index (χ4n) is 3.60.